The highest BCUT2D eigenvalue weighted by Gasteiger charge is 2.30. The molecule has 0 aliphatic carbocycles. The van der Waals surface area contributed by atoms with Gasteiger partial charge in [-0.3, -0.25) is 4.79 Å². The second-order valence-electron chi connectivity index (χ2n) is 23.1. The fourth-order valence-corrected chi connectivity index (χ4v) is 9.73. The lowest BCUT2D eigenvalue weighted by Crippen LogP contribution is -2.53. The van der Waals surface area contributed by atoms with Crippen LogP contribution in [0.3, 0.4) is 0 Å². The number of methoxy groups -OCH3 is 5. The summed E-state index contributed by atoms with van der Waals surface area (Å²) in [6.45, 7) is 6.70. The van der Waals surface area contributed by atoms with Crippen LogP contribution >= 0.6 is 0 Å². The molecule has 494 valence electrons. The smallest absolute Gasteiger partial charge is 0.408 e. The first kappa shape index (κ1) is 68.4. The van der Waals surface area contributed by atoms with Gasteiger partial charge >= 0.3 is 12.1 Å². The number of ether oxygens (including phenoxy) is 13. The molecule has 9 aromatic carbocycles. The summed E-state index contributed by atoms with van der Waals surface area (Å²) < 4.78 is 77.4. The first-order valence-corrected chi connectivity index (χ1v) is 30.9. The highest BCUT2D eigenvalue weighted by Crippen LogP contribution is 2.35. The molecule has 0 spiro atoms. The number of hydrogen-bond acceptors (Lipinski definition) is 16. The summed E-state index contributed by atoms with van der Waals surface area (Å²) in [5.41, 5.74) is 6.79. The summed E-state index contributed by atoms with van der Waals surface area (Å²) in [6, 6.07) is 62.0. The van der Waals surface area contributed by atoms with Crippen molar-refractivity contribution < 1.29 is 76.0 Å². The Kier molecular flexibility index (Phi) is 24.5. The van der Waals surface area contributed by atoms with Gasteiger partial charge in [-0.05, 0) is 168 Å². The van der Waals surface area contributed by atoms with Gasteiger partial charge in [-0.25, -0.2) is 9.59 Å². The van der Waals surface area contributed by atoms with Crippen LogP contribution in [-0.4, -0.2) is 71.2 Å². The van der Waals surface area contributed by atoms with Crippen molar-refractivity contribution >= 4 is 18.0 Å². The average molecular weight is 1290 g/mol. The molecule has 9 aromatic rings. The Labute approximate surface area is 554 Å². The van der Waals surface area contributed by atoms with E-state index in [0.717, 1.165) is 67.5 Å². The molecule has 2 atom stereocenters. The van der Waals surface area contributed by atoms with Crippen LogP contribution in [0.1, 0.15) is 70.8 Å². The van der Waals surface area contributed by atoms with E-state index in [4.69, 9.17) is 61.6 Å². The summed E-state index contributed by atoms with van der Waals surface area (Å²) in [5.74, 6) is 5.44. The Morgan fingerprint density at radius 1 is 0.326 bits per heavy atom. The lowest BCUT2D eigenvalue weighted by atomic mass is 10.0. The third kappa shape index (κ3) is 21.5. The molecule has 0 bridgehead atoms. The lowest BCUT2D eigenvalue weighted by molar-refractivity contribution is -0.145. The van der Waals surface area contributed by atoms with E-state index in [0.29, 0.717) is 59.0 Å². The van der Waals surface area contributed by atoms with Crippen molar-refractivity contribution in [3.05, 3.63) is 256 Å². The number of amides is 2. The van der Waals surface area contributed by atoms with Gasteiger partial charge in [0.25, 0.3) is 0 Å². The Morgan fingerprint density at radius 2 is 0.674 bits per heavy atom. The predicted molar refractivity (Wildman–Crippen MR) is 359 cm³/mol. The summed E-state index contributed by atoms with van der Waals surface area (Å²) in [5, 5.41) is 5.51. The maximum atomic E-state index is 14.0. The highest BCUT2D eigenvalue weighted by molar-refractivity contribution is 5.90. The molecule has 2 N–H and O–H groups in total. The van der Waals surface area contributed by atoms with Gasteiger partial charge < -0.3 is 72.2 Å². The Morgan fingerprint density at radius 3 is 1.08 bits per heavy atom. The van der Waals surface area contributed by atoms with Gasteiger partial charge in [-0.1, -0.05) is 103 Å². The number of alkyl carbamates (subject to hydrolysis) is 1. The summed E-state index contributed by atoms with van der Waals surface area (Å²) >= 11 is 0. The molecule has 0 saturated heterocycles. The summed E-state index contributed by atoms with van der Waals surface area (Å²) in [6.07, 6.45) is -0.569. The van der Waals surface area contributed by atoms with Gasteiger partial charge in [-0.2, -0.15) is 0 Å². The third-order valence-electron chi connectivity index (χ3n) is 14.8. The molecule has 0 radical (unpaired) electrons. The van der Waals surface area contributed by atoms with Gasteiger partial charge in [-0.15, -0.1) is 0 Å². The number of rotatable bonds is 33. The average Bonchev–Trinajstić information content (AvgIpc) is 1.73. The van der Waals surface area contributed by atoms with Crippen LogP contribution in [0.2, 0.25) is 0 Å². The van der Waals surface area contributed by atoms with Crippen LogP contribution in [0.25, 0.3) is 0 Å². The van der Waals surface area contributed by atoms with E-state index in [9.17, 15) is 14.4 Å². The van der Waals surface area contributed by atoms with E-state index in [2.05, 4.69) is 10.6 Å². The van der Waals surface area contributed by atoms with E-state index >= 15 is 0 Å². The summed E-state index contributed by atoms with van der Waals surface area (Å²) in [4.78, 5) is 40.2. The molecule has 18 nitrogen and oxygen atoms in total. The van der Waals surface area contributed by atoms with Crippen LogP contribution in [0.5, 0.6) is 63.2 Å². The van der Waals surface area contributed by atoms with Crippen molar-refractivity contribution in [1.29, 1.82) is 0 Å². The van der Waals surface area contributed by atoms with Crippen LogP contribution in [0, 0.1) is 0 Å². The van der Waals surface area contributed by atoms with Gasteiger partial charge in [0.05, 0.1) is 35.5 Å². The van der Waals surface area contributed by atoms with Crippen molar-refractivity contribution in [2.24, 2.45) is 0 Å². The molecule has 0 aliphatic rings. The fourth-order valence-electron chi connectivity index (χ4n) is 9.73. The maximum absolute atomic E-state index is 14.0. The minimum Gasteiger partial charge on any atom is -0.497 e. The largest absolute Gasteiger partial charge is 0.497 e. The topological polar surface area (TPSA) is 195 Å². The van der Waals surface area contributed by atoms with Crippen LogP contribution < -0.4 is 62.7 Å². The molecule has 0 aliphatic heterocycles. The molecular formula is C77H80N2O16. The predicted octanol–water partition coefficient (Wildman–Crippen LogP) is 14.1. The van der Waals surface area contributed by atoms with E-state index in [1.807, 2.05) is 182 Å². The molecular weight excluding hydrogens is 1210 g/mol. The standard InChI is InChI=1S/C77H80N2O16/c1-77(2,3)95-76(82)79-68(74(80)78-69(75(81)87-8)41-52-12-10-9-11-13-52)40-53-14-34-65(35-15-53)88-51-60-38-66(89-49-58-24-36-70(91-45-54-16-26-61(83-4)27-17-54)72(42-58)93-47-56-20-30-63(85-6)31-21-56)44-67(39-60)90-50-59-25-37-71(92-46-55-18-28-62(84-5)29-19-55)73(43-59)94-48-57-22-32-64(86-7)33-23-57/h9-39,42-44,68-69H,40-41,45-51H2,1-8H3,(H,78,80)(H,79,82). The SMILES string of the molecule is COC(=O)C(Cc1ccccc1)NC(=O)C(Cc1ccc(OCc2cc(OCc3ccc(OCc4ccc(OC)cc4)c(OCc4ccc(OC)cc4)c3)cc(OCc3ccc(OCc4ccc(OC)cc4)c(OCc4ccc(OC)cc4)c3)c2)cc1)NC(=O)OC(C)(C)C. The normalized spacial score (nSPS) is 11.6. The molecule has 2 amide bonds. The van der Waals surface area contributed by atoms with Crippen molar-refractivity contribution in [2.75, 3.05) is 35.5 Å². The minimum atomic E-state index is -1.13. The lowest BCUT2D eigenvalue weighted by Gasteiger charge is -2.25. The second kappa shape index (κ2) is 34.1. The monoisotopic (exact) mass is 1290 g/mol. The Balaban J connectivity index is 0.951. The highest BCUT2D eigenvalue weighted by atomic mass is 16.6. The van der Waals surface area contributed by atoms with Crippen LogP contribution in [-0.2, 0) is 78.2 Å². The molecule has 0 aromatic heterocycles. The number of carbonyl (C=O) groups excluding carboxylic acids is 3. The third-order valence-corrected chi connectivity index (χ3v) is 14.8. The van der Waals surface area contributed by atoms with Crippen molar-refractivity contribution in [3.63, 3.8) is 0 Å². The minimum absolute atomic E-state index is 0.0517. The van der Waals surface area contributed by atoms with Crippen LogP contribution in [0.15, 0.2) is 206 Å². The number of nitrogens with one attached hydrogen (secondary N) is 2. The zero-order valence-corrected chi connectivity index (χ0v) is 54.7. The van der Waals surface area contributed by atoms with Gasteiger partial charge in [0.15, 0.2) is 23.0 Å². The maximum Gasteiger partial charge on any atom is 0.408 e. The number of carbonyl (C=O) groups is 3. The quantitative estimate of drug-likeness (QED) is 0.0368. The Bertz CT molecular complexity index is 3720. The first-order chi connectivity index (χ1) is 46.1. The molecule has 95 heavy (non-hydrogen) atoms. The van der Waals surface area contributed by atoms with Gasteiger partial charge in [0, 0.05) is 18.9 Å². The van der Waals surface area contributed by atoms with Crippen molar-refractivity contribution in [1.82, 2.24) is 10.6 Å². The van der Waals surface area contributed by atoms with E-state index in [1.54, 1.807) is 73.5 Å². The summed E-state index contributed by atoms with van der Waals surface area (Å²) in [7, 11) is 7.78. The van der Waals surface area contributed by atoms with Crippen molar-refractivity contribution in [3.8, 4) is 63.2 Å². The van der Waals surface area contributed by atoms with Gasteiger partial charge in [0.2, 0.25) is 5.91 Å². The fraction of sp³-hybridized carbons (Fsp3) is 0.260. The molecule has 18 heteroatoms. The molecule has 0 saturated carbocycles. The molecule has 9 rings (SSSR count). The number of hydrogen-bond donors (Lipinski definition) is 2. The molecule has 2 unspecified atom stereocenters. The Hall–Kier alpha value is -11.0. The van der Waals surface area contributed by atoms with Crippen molar-refractivity contribution in [2.45, 2.75) is 97.5 Å². The van der Waals surface area contributed by atoms with E-state index in [-0.39, 0.29) is 45.9 Å². The second-order valence-corrected chi connectivity index (χ2v) is 23.1. The van der Waals surface area contributed by atoms with Crippen LogP contribution in [0.4, 0.5) is 4.79 Å². The zero-order valence-electron chi connectivity index (χ0n) is 54.7. The number of benzene rings is 9. The first-order valence-electron chi connectivity index (χ1n) is 30.9. The molecule has 0 heterocycles. The van der Waals surface area contributed by atoms with E-state index < -0.39 is 35.7 Å². The molecule has 0 fully saturated rings. The zero-order chi connectivity index (χ0) is 66.9. The number of esters is 1. The van der Waals surface area contributed by atoms with E-state index in [1.165, 1.54) is 7.11 Å². The van der Waals surface area contributed by atoms with Gasteiger partial charge in [0.1, 0.15) is 104 Å².